The fourth-order valence-electron chi connectivity index (χ4n) is 1.30. The molecule has 0 bridgehead atoms. The number of fused-ring (bicyclic) bond motifs is 1. The van der Waals surface area contributed by atoms with Crippen molar-refractivity contribution in [2.75, 3.05) is 0 Å². The molecule has 0 unspecified atom stereocenters. The standard InChI is InChI=1S/C10H8O.2ClH/c11-10-7-3-5-8-4-1-2-6-9(8)10;;/h1-6H,7H2;2*1H. The van der Waals surface area contributed by atoms with E-state index in [1.54, 1.807) is 0 Å². The van der Waals surface area contributed by atoms with Gasteiger partial charge in [0.15, 0.2) is 5.78 Å². The molecule has 2 rings (SSSR count). The lowest BCUT2D eigenvalue weighted by atomic mass is 9.97. The molecule has 0 heterocycles. The smallest absolute Gasteiger partial charge is 0.167 e. The largest absolute Gasteiger partial charge is 0.294 e. The van der Waals surface area contributed by atoms with Crippen LogP contribution in [-0.4, -0.2) is 5.78 Å². The summed E-state index contributed by atoms with van der Waals surface area (Å²) in [5.41, 5.74) is 1.90. The fourth-order valence-corrected chi connectivity index (χ4v) is 1.30. The van der Waals surface area contributed by atoms with E-state index >= 15 is 0 Å². The number of halogens is 2. The van der Waals surface area contributed by atoms with Gasteiger partial charge < -0.3 is 0 Å². The van der Waals surface area contributed by atoms with Crippen LogP contribution in [0.3, 0.4) is 0 Å². The van der Waals surface area contributed by atoms with Gasteiger partial charge in [0.1, 0.15) is 0 Å². The minimum absolute atomic E-state index is 0. The molecule has 13 heavy (non-hydrogen) atoms. The Kier molecular flexibility index (Phi) is 4.74. The molecule has 70 valence electrons. The predicted octanol–water partition coefficient (Wildman–Crippen LogP) is 3.13. The quantitative estimate of drug-likeness (QED) is 0.652. The van der Waals surface area contributed by atoms with Gasteiger partial charge in [0.2, 0.25) is 0 Å². The molecule has 1 aliphatic carbocycles. The molecule has 0 spiro atoms. The zero-order chi connectivity index (χ0) is 7.68. The van der Waals surface area contributed by atoms with Gasteiger partial charge in [-0.1, -0.05) is 36.4 Å². The second-order valence-corrected chi connectivity index (χ2v) is 2.62. The average Bonchev–Trinajstić information content (AvgIpc) is 2.06. The molecule has 1 nitrogen and oxygen atoms in total. The molecule has 0 radical (unpaired) electrons. The number of carbonyl (C=O) groups excluding carboxylic acids is 1. The molecule has 0 amide bonds. The second-order valence-electron chi connectivity index (χ2n) is 2.62. The van der Waals surface area contributed by atoms with E-state index in [4.69, 9.17) is 0 Å². The Balaban J connectivity index is 0.000000720. The highest BCUT2D eigenvalue weighted by atomic mass is 35.5. The molecule has 1 aliphatic rings. The van der Waals surface area contributed by atoms with Gasteiger partial charge in [-0.05, 0) is 5.56 Å². The first kappa shape index (κ1) is 12.2. The summed E-state index contributed by atoms with van der Waals surface area (Å²) in [6.07, 6.45) is 4.46. The highest BCUT2D eigenvalue weighted by molar-refractivity contribution is 6.02. The van der Waals surface area contributed by atoms with E-state index in [0.717, 1.165) is 11.1 Å². The summed E-state index contributed by atoms with van der Waals surface area (Å²) >= 11 is 0. The van der Waals surface area contributed by atoms with Crippen molar-refractivity contribution in [1.82, 2.24) is 0 Å². The first-order valence-corrected chi connectivity index (χ1v) is 3.67. The first-order valence-electron chi connectivity index (χ1n) is 3.67. The van der Waals surface area contributed by atoms with Crippen LogP contribution in [0.4, 0.5) is 0 Å². The van der Waals surface area contributed by atoms with Crippen LogP contribution in [0.15, 0.2) is 30.3 Å². The highest BCUT2D eigenvalue weighted by Gasteiger charge is 2.10. The van der Waals surface area contributed by atoms with Crippen molar-refractivity contribution in [2.24, 2.45) is 0 Å². The zero-order valence-electron chi connectivity index (χ0n) is 6.90. The lowest BCUT2D eigenvalue weighted by Gasteiger charge is -2.07. The summed E-state index contributed by atoms with van der Waals surface area (Å²) in [6, 6.07) is 7.68. The third kappa shape index (κ3) is 2.33. The molecular weight excluding hydrogens is 207 g/mol. The van der Waals surface area contributed by atoms with Crippen LogP contribution in [0.1, 0.15) is 22.3 Å². The Morgan fingerprint density at radius 2 is 1.77 bits per heavy atom. The van der Waals surface area contributed by atoms with E-state index in [2.05, 4.69) is 0 Å². The Morgan fingerprint density at radius 3 is 2.46 bits per heavy atom. The van der Waals surface area contributed by atoms with Crippen LogP contribution >= 0.6 is 24.8 Å². The average molecular weight is 217 g/mol. The molecule has 1 aromatic rings. The summed E-state index contributed by atoms with van der Waals surface area (Å²) in [4.78, 5) is 11.2. The molecule has 0 aromatic heterocycles. The molecule has 0 saturated carbocycles. The SMILES string of the molecule is Cl.Cl.O=C1CC=Cc2ccccc21. The van der Waals surface area contributed by atoms with Crippen molar-refractivity contribution in [3.63, 3.8) is 0 Å². The van der Waals surface area contributed by atoms with Gasteiger partial charge in [-0.15, -0.1) is 24.8 Å². The van der Waals surface area contributed by atoms with Crippen molar-refractivity contribution in [2.45, 2.75) is 6.42 Å². The number of hydrogen-bond donors (Lipinski definition) is 0. The van der Waals surface area contributed by atoms with Gasteiger partial charge in [0, 0.05) is 12.0 Å². The topological polar surface area (TPSA) is 17.1 Å². The van der Waals surface area contributed by atoms with Crippen LogP contribution in [0, 0.1) is 0 Å². The van der Waals surface area contributed by atoms with Crippen LogP contribution in [-0.2, 0) is 0 Å². The maximum Gasteiger partial charge on any atom is 0.167 e. The lowest BCUT2D eigenvalue weighted by molar-refractivity contribution is 0.0994. The van der Waals surface area contributed by atoms with E-state index in [1.165, 1.54) is 0 Å². The van der Waals surface area contributed by atoms with E-state index in [-0.39, 0.29) is 30.6 Å². The lowest BCUT2D eigenvalue weighted by Crippen LogP contribution is -2.02. The third-order valence-electron chi connectivity index (χ3n) is 1.86. The van der Waals surface area contributed by atoms with E-state index < -0.39 is 0 Å². The number of ketones is 1. The molecular formula is C10H10Cl2O. The number of allylic oxidation sites excluding steroid dienone is 1. The Labute approximate surface area is 89.7 Å². The van der Waals surface area contributed by atoms with Gasteiger partial charge in [0.05, 0.1) is 0 Å². The van der Waals surface area contributed by atoms with Crippen molar-refractivity contribution >= 4 is 36.7 Å². The van der Waals surface area contributed by atoms with Crippen molar-refractivity contribution in [3.8, 4) is 0 Å². The Morgan fingerprint density at radius 1 is 1.08 bits per heavy atom. The van der Waals surface area contributed by atoms with Crippen LogP contribution in [0.5, 0.6) is 0 Å². The summed E-state index contributed by atoms with van der Waals surface area (Å²) in [5.74, 6) is 0.225. The van der Waals surface area contributed by atoms with Gasteiger partial charge in [-0.2, -0.15) is 0 Å². The molecule has 0 atom stereocenters. The summed E-state index contributed by atoms with van der Waals surface area (Å²) in [5, 5.41) is 0. The number of rotatable bonds is 0. The molecule has 0 saturated heterocycles. The summed E-state index contributed by atoms with van der Waals surface area (Å²) in [7, 11) is 0. The molecule has 0 N–H and O–H groups in total. The maximum atomic E-state index is 11.2. The van der Waals surface area contributed by atoms with E-state index in [1.807, 2.05) is 36.4 Å². The molecule has 0 aliphatic heterocycles. The predicted molar refractivity (Wildman–Crippen MR) is 58.9 cm³/mol. The summed E-state index contributed by atoms with van der Waals surface area (Å²) < 4.78 is 0. The highest BCUT2D eigenvalue weighted by Crippen LogP contribution is 2.17. The monoisotopic (exact) mass is 216 g/mol. The third-order valence-corrected chi connectivity index (χ3v) is 1.86. The number of hydrogen-bond acceptors (Lipinski definition) is 1. The fraction of sp³-hybridized carbons (Fsp3) is 0.100. The number of Topliss-reactive ketones (excluding diaryl/α,β-unsaturated/α-hetero) is 1. The van der Waals surface area contributed by atoms with Gasteiger partial charge in [-0.25, -0.2) is 0 Å². The van der Waals surface area contributed by atoms with E-state index in [9.17, 15) is 4.79 Å². The van der Waals surface area contributed by atoms with Crippen molar-refractivity contribution in [1.29, 1.82) is 0 Å². The Bertz CT molecular complexity index is 331. The van der Waals surface area contributed by atoms with Gasteiger partial charge in [-0.3, -0.25) is 4.79 Å². The molecule has 1 aromatic carbocycles. The van der Waals surface area contributed by atoms with Gasteiger partial charge >= 0.3 is 0 Å². The van der Waals surface area contributed by atoms with Gasteiger partial charge in [0.25, 0.3) is 0 Å². The normalized spacial score (nSPS) is 12.5. The van der Waals surface area contributed by atoms with Crippen LogP contribution in [0.2, 0.25) is 0 Å². The second kappa shape index (κ2) is 5.05. The molecule has 3 heteroatoms. The zero-order valence-corrected chi connectivity index (χ0v) is 8.53. The van der Waals surface area contributed by atoms with Crippen LogP contribution < -0.4 is 0 Å². The number of carbonyl (C=O) groups is 1. The minimum Gasteiger partial charge on any atom is -0.294 e. The molecule has 0 fully saturated rings. The van der Waals surface area contributed by atoms with Crippen molar-refractivity contribution < 1.29 is 4.79 Å². The number of benzene rings is 1. The minimum atomic E-state index is 0. The van der Waals surface area contributed by atoms with E-state index in [0.29, 0.717) is 6.42 Å². The Hall–Kier alpha value is -0.790. The summed E-state index contributed by atoms with van der Waals surface area (Å²) in [6.45, 7) is 0. The maximum absolute atomic E-state index is 11.2. The first-order chi connectivity index (χ1) is 5.38. The van der Waals surface area contributed by atoms with Crippen LogP contribution in [0.25, 0.3) is 6.08 Å². The van der Waals surface area contributed by atoms with Crippen molar-refractivity contribution in [3.05, 3.63) is 41.5 Å².